The third-order valence-electron chi connectivity index (χ3n) is 6.58. The Morgan fingerprint density at radius 3 is 2.62 bits per heavy atom. The minimum absolute atomic E-state index is 0.0361. The highest BCUT2D eigenvalue weighted by Gasteiger charge is 2.49. The van der Waals surface area contributed by atoms with Crippen LogP contribution in [0.4, 0.5) is 11.4 Å². The lowest BCUT2D eigenvalue weighted by Gasteiger charge is -2.37. The lowest BCUT2D eigenvalue weighted by molar-refractivity contribution is -0.128. The van der Waals surface area contributed by atoms with Crippen LogP contribution in [0, 0.1) is 11.3 Å². The Hall–Kier alpha value is -2.66. The third kappa shape index (κ3) is 4.06. The molecule has 0 aromatic heterocycles. The van der Waals surface area contributed by atoms with Crippen molar-refractivity contribution in [3.63, 3.8) is 0 Å². The summed E-state index contributed by atoms with van der Waals surface area (Å²) < 4.78 is 0. The number of anilines is 2. The smallest absolute Gasteiger partial charge is 0.232 e. The number of hydrogen-bond donors (Lipinski definition) is 2. The highest BCUT2D eigenvalue weighted by molar-refractivity contribution is 5.96. The van der Waals surface area contributed by atoms with Crippen LogP contribution in [0.5, 0.6) is 0 Å². The van der Waals surface area contributed by atoms with E-state index in [1.807, 2.05) is 54.6 Å². The number of rotatable bonds is 5. The summed E-state index contributed by atoms with van der Waals surface area (Å²) in [6.07, 6.45) is 4.78. The van der Waals surface area contributed by atoms with Gasteiger partial charge in [-0.1, -0.05) is 43.2 Å². The number of para-hydroxylation sites is 1. The standard InChI is InChI=1S/C24H29N3O2/c1-27(21-8-3-2-4-9-21)22(28)15-18-10-12-20(13-11-18)26-23(29)24-14-6-5-7-19(24)16-25-17-24/h2-4,8-13,19,25H,5-7,14-17H2,1H3,(H,26,29)/t19-,24+/m0/s1. The minimum Gasteiger partial charge on any atom is -0.326 e. The number of carbonyl (C=O) groups is 2. The number of nitrogens with zero attached hydrogens (tertiary/aromatic N) is 1. The van der Waals surface area contributed by atoms with Crippen LogP contribution in [0.1, 0.15) is 31.2 Å². The monoisotopic (exact) mass is 391 g/mol. The lowest BCUT2D eigenvalue weighted by atomic mass is 9.67. The molecule has 2 N–H and O–H groups in total. The molecule has 1 aliphatic carbocycles. The van der Waals surface area contributed by atoms with Crippen LogP contribution >= 0.6 is 0 Å². The fourth-order valence-electron chi connectivity index (χ4n) is 4.74. The molecule has 5 nitrogen and oxygen atoms in total. The SMILES string of the molecule is CN(C(=O)Cc1ccc(NC(=O)[C@@]23CCCC[C@H]2CNC3)cc1)c1ccccc1. The highest BCUT2D eigenvalue weighted by Crippen LogP contribution is 2.44. The van der Waals surface area contributed by atoms with Gasteiger partial charge in [0.15, 0.2) is 0 Å². The average Bonchev–Trinajstić information content (AvgIpc) is 3.20. The summed E-state index contributed by atoms with van der Waals surface area (Å²) in [5, 5.41) is 6.55. The van der Waals surface area contributed by atoms with Gasteiger partial charge in [0, 0.05) is 25.0 Å². The lowest BCUT2D eigenvalue weighted by Crippen LogP contribution is -2.44. The molecule has 0 unspecified atom stereocenters. The molecule has 1 saturated heterocycles. The molecule has 1 saturated carbocycles. The predicted octanol–water partition coefficient (Wildman–Crippen LogP) is 3.61. The van der Waals surface area contributed by atoms with E-state index >= 15 is 0 Å². The van der Waals surface area contributed by atoms with Crippen molar-refractivity contribution in [3.05, 3.63) is 60.2 Å². The van der Waals surface area contributed by atoms with Crippen LogP contribution < -0.4 is 15.5 Å². The van der Waals surface area contributed by atoms with Crippen LogP contribution in [-0.4, -0.2) is 32.0 Å². The second-order valence-corrected chi connectivity index (χ2v) is 8.35. The first kappa shape index (κ1) is 19.6. The van der Waals surface area contributed by atoms with Crippen molar-refractivity contribution in [3.8, 4) is 0 Å². The van der Waals surface area contributed by atoms with Crippen LogP contribution in [0.15, 0.2) is 54.6 Å². The summed E-state index contributed by atoms with van der Waals surface area (Å²) >= 11 is 0. The molecular formula is C24H29N3O2. The van der Waals surface area contributed by atoms with E-state index in [0.29, 0.717) is 12.3 Å². The predicted molar refractivity (Wildman–Crippen MR) is 116 cm³/mol. The van der Waals surface area contributed by atoms with Crippen molar-refractivity contribution in [1.29, 1.82) is 0 Å². The Labute approximate surface area is 172 Å². The molecule has 2 atom stereocenters. The van der Waals surface area contributed by atoms with Crippen LogP contribution in [0.3, 0.4) is 0 Å². The van der Waals surface area contributed by atoms with Gasteiger partial charge >= 0.3 is 0 Å². The summed E-state index contributed by atoms with van der Waals surface area (Å²) in [5.41, 5.74) is 2.36. The summed E-state index contributed by atoms with van der Waals surface area (Å²) in [5.74, 6) is 0.621. The largest absolute Gasteiger partial charge is 0.326 e. The van der Waals surface area contributed by atoms with Crippen molar-refractivity contribution >= 4 is 23.2 Å². The van der Waals surface area contributed by atoms with Gasteiger partial charge in [0.05, 0.1) is 11.8 Å². The topological polar surface area (TPSA) is 61.4 Å². The van der Waals surface area contributed by atoms with Gasteiger partial charge in [-0.25, -0.2) is 0 Å². The first-order valence-electron chi connectivity index (χ1n) is 10.5. The van der Waals surface area contributed by atoms with E-state index in [0.717, 1.165) is 49.3 Å². The first-order chi connectivity index (χ1) is 14.1. The molecule has 2 fully saturated rings. The van der Waals surface area contributed by atoms with Crippen LogP contribution in [-0.2, 0) is 16.0 Å². The molecule has 2 aliphatic rings. The Balaban J connectivity index is 1.38. The number of hydrogen-bond acceptors (Lipinski definition) is 3. The quantitative estimate of drug-likeness (QED) is 0.819. The number of nitrogens with one attached hydrogen (secondary N) is 2. The molecule has 0 spiro atoms. The third-order valence-corrected chi connectivity index (χ3v) is 6.58. The molecule has 0 radical (unpaired) electrons. The summed E-state index contributed by atoms with van der Waals surface area (Å²) in [7, 11) is 1.79. The van der Waals surface area contributed by atoms with Gasteiger partial charge in [-0.15, -0.1) is 0 Å². The van der Waals surface area contributed by atoms with Gasteiger partial charge in [-0.05, 0) is 55.1 Å². The van der Waals surface area contributed by atoms with Gasteiger partial charge in [-0.3, -0.25) is 9.59 Å². The van der Waals surface area contributed by atoms with E-state index in [-0.39, 0.29) is 17.2 Å². The van der Waals surface area contributed by atoms with Crippen LogP contribution in [0.2, 0.25) is 0 Å². The van der Waals surface area contributed by atoms with E-state index in [1.54, 1.807) is 11.9 Å². The zero-order valence-corrected chi connectivity index (χ0v) is 17.0. The van der Waals surface area contributed by atoms with E-state index in [1.165, 1.54) is 6.42 Å². The van der Waals surface area contributed by atoms with Crippen LogP contribution in [0.25, 0.3) is 0 Å². The normalized spacial score (nSPS) is 23.3. The van der Waals surface area contributed by atoms with E-state index < -0.39 is 0 Å². The second-order valence-electron chi connectivity index (χ2n) is 8.35. The van der Waals surface area contributed by atoms with E-state index in [4.69, 9.17) is 0 Å². The van der Waals surface area contributed by atoms with Gasteiger partial charge in [-0.2, -0.15) is 0 Å². The average molecular weight is 392 g/mol. The van der Waals surface area contributed by atoms with Gasteiger partial charge in [0.25, 0.3) is 0 Å². The number of carbonyl (C=O) groups excluding carboxylic acids is 2. The maximum absolute atomic E-state index is 13.1. The zero-order valence-electron chi connectivity index (χ0n) is 17.0. The first-order valence-corrected chi connectivity index (χ1v) is 10.5. The van der Waals surface area contributed by atoms with Gasteiger partial charge in [0.1, 0.15) is 0 Å². The van der Waals surface area contributed by atoms with Gasteiger partial charge < -0.3 is 15.5 Å². The summed E-state index contributed by atoms with van der Waals surface area (Å²) in [4.78, 5) is 27.3. The molecule has 2 aromatic rings. The highest BCUT2D eigenvalue weighted by atomic mass is 16.2. The fourth-order valence-corrected chi connectivity index (χ4v) is 4.74. The van der Waals surface area contributed by atoms with Crippen molar-refractivity contribution in [1.82, 2.24) is 5.32 Å². The Morgan fingerprint density at radius 2 is 1.86 bits per heavy atom. The zero-order chi connectivity index (χ0) is 20.3. The fraction of sp³-hybridized carbons (Fsp3) is 0.417. The molecule has 2 amide bonds. The second kappa shape index (κ2) is 8.37. The molecule has 0 bridgehead atoms. The number of benzene rings is 2. The molecular weight excluding hydrogens is 362 g/mol. The van der Waals surface area contributed by atoms with E-state index in [9.17, 15) is 9.59 Å². The Kier molecular flexibility index (Phi) is 5.67. The summed E-state index contributed by atoms with van der Waals surface area (Å²) in [6.45, 7) is 1.73. The summed E-state index contributed by atoms with van der Waals surface area (Å²) in [6, 6.07) is 17.3. The Morgan fingerprint density at radius 1 is 1.10 bits per heavy atom. The number of amides is 2. The maximum Gasteiger partial charge on any atom is 0.232 e. The molecule has 4 rings (SSSR count). The van der Waals surface area contributed by atoms with Crippen molar-refractivity contribution in [2.45, 2.75) is 32.1 Å². The van der Waals surface area contributed by atoms with Gasteiger partial charge in [0.2, 0.25) is 11.8 Å². The molecule has 152 valence electrons. The molecule has 1 heterocycles. The number of fused-ring (bicyclic) bond motifs is 1. The van der Waals surface area contributed by atoms with E-state index in [2.05, 4.69) is 10.6 Å². The Bertz CT molecular complexity index is 865. The minimum atomic E-state index is -0.259. The molecule has 2 aromatic carbocycles. The molecule has 5 heteroatoms. The van der Waals surface area contributed by atoms with Crippen molar-refractivity contribution in [2.75, 3.05) is 30.4 Å². The molecule has 1 aliphatic heterocycles. The maximum atomic E-state index is 13.1. The number of likely N-dealkylation sites (N-methyl/N-ethyl adjacent to an activating group) is 1. The van der Waals surface area contributed by atoms with Crippen molar-refractivity contribution in [2.24, 2.45) is 11.3 Å². The molecule has 29 heavy (non-hydrogen) atoms. The van der Waals surface area contributed by atoms with Crippen molar-refractivity contribution < 1.29 is 9.59 Å².